The molecule has 0 radical (unpaired) electrons. The highest BCUT2D eigenvalue weighted by molar-refractivity contribution is 7.72. The summed E-state index contributed by atoms with van der Waals surface area (Å²) in [6, 6.07) is 12.0. The zero-order chi connectivity index (χ0) is 12.0. The standard InChI is InChI=1S/C14H10ClNS/c1-8-2-5-12-11(6-8)14(17)10-4-3-9(15)7-13(10)16-12/h2-7H,1H3,(H,16,17). The molecule has 0 unspecified atom stereocenters. The summed E-state index contributed by atoms with van der Waals surface area (Å²) in [6.07, 6.45) is 0. The van der Waals surface area contributed by atoms with E-state index >= 15 is 0 Å². The molecule has 0 aliphatic heterocycles. The van der Waals surface area contributed by atoms with Gasteiger partial charge in [-0.2, -0.15) is 0 Å². The number of aromatic amines is 1. The molecular formula is C14H10ClNS. The van der Waals surface area contributed by atoms with Gasteiger partial charge in [0.1, 0.15) is 0 Å². The van der Waals surface area contributed by atoms with Gasteiger partial charge in [0.25, 0.3) is 0 Å². The molecule has 0 bridgehead atoms. The van der Waals surface area contributed by atoms with E-state index in [9.17, 15) is 0 Å². The van der Waals surface area contributed by atoms with E-state index in [0.717, 1.165) is 31.3 Å². The first kappa shape index (κ1) is 10.8. The lowest BCUT2D eigenvalue weighted by Crippen LogP contribution is -1.85. The molecule has 0 saturated carbocycles. The third kappa shape index (κ3) is 1.74. The van der Waals surface area contributed by atoms with Crippen molar-refractivity contribution in [1.29, 1.82) is 0 Å². The molecule has 17 heavy (non-hydrogen) atoms. The van der Waals surface area contributed by atoms with E-state index in [-0.39, 0.29) is 0 Å². The highest BCUT2D eigenvalue weighted by Gasteiger charge is 2.03. The van der Waals surface area contributed by atoms with Gasteiger partial charge in [-0.15, -0.1) is 0 Å². The van der Waals surface area contributed by atoms with Crippen molar-refractivity contribution in [2.75, 3.05) is 0 Å². The summed E-state index contributed by atoms with van der Waals surface area (Å²) in [5.41, 5.74) is 3.25. The van der Waals surface area contributed by atoms with Gasteiger partial charge in [-0.05, 0) is 37.3 Å². The predicted octanol–water partition coefficient (Wildman–Crippen LogP) is 5.01. The van der Waals surface area contributed by atoms with Gasteiger partial charge in [0.15, 0.2) is 0 Å². The molecule has 3 heteroatoms. The Morgan fingerprint density at radius 3 is 2.65 bits per heavy atom. The Morgan fingerprint density at radius 2 is 1.82 bits per heavy atom. The molecule has 3 aromatic rings. The smallest absolute Gasteiger partial charge is 0.0563 e. The molecule has 0 aliphatic carbocycles. The molecule has 1 aromatic heterocycles. The van der Waals surface area contributed by atoms with Gasteiger partial charge in [0.2, 0.25) is 0 Å². The van der Waals surface area contributed by atoms with Crippen molar-refractivity contribution >= 4 is 45.6 Å². The minimum atomic E-state index is 0.717. The second kappa shape index (κ2) is 3.83. The fourth-order valence-corrected chi connectivity index (χ4v) is 2.58. The van der Waals surface area contributed by atoms with Crippen LogP contribution in [0.4, 0.5) is 0 Å². The van der Waals surface area contributed by atoms with Crippen LogP contribution in [0.5, 0.6) is 0 Å². The number of hydrogen-bond donors (Lipinski definition) is 1. The number of aryl methyl sites for hydroxylation is 1. The molecule has 1 heterocycles. The predicted molar refractivity (Wildman–Crippen MR) is 76.4 cm³/mol. The summed E-state index contributed by atoms with van der Waals surface area (Å²) >= 11 is 11.5. The number of rotatable bonds is 0. The van der Waals surface area contributed by atoms with Crippen molar-refractivity contribution in [3.8, 4) is 0 Å². The monoisotopic (exact) mass is 259 g/mol. The summed E-state index contributed by atoms with van der Waals surface area (Å²) in [4.78, 5) is 3.37. The molecule has 0 fully saturated rings. The van der Waals surface area contributed by atoms with Crippen molar-refractivity contribution < 1.29 is 0 Å². The van der Waals surface area contributed by atoms with Gasteiger partial charge < -0.3 is 4.98 Å². The summed E-state index contributed by atoms with van der Waals surface area (Å²) in [5.74, 6) is 0. The first-order valence-electron chi connectivity index (χ1n) is 5.37. The van der Waals surface area contributed by atoms with Crippen LogP contribution in [0.2, 0.25) is 5.02 Å². The van der Waals surface area contributed by atoms with E-state index in [2.05, 4.69) is 30.1 Å². The van der Waals surface area contributed by atoms with Crippen LogP contribution in [0.1, 0.15) is 5.56 Å². The lowest BCUT2D eigenvalue weighted by atomic mass is 10.1. The van der Waals surface area contributed by atoms with E-state index < -0.39 is 0 Å². The maximum absolute atomic E-state index is 5.99. The van der Waals surface area contributed by atoms with Crippen LogP contribution in [-0.4, -0.2) is 4.98 Å². The minimum absolute atomic E-state index is 0.717. The van der Waals surface area contributed by atoms with E-state index in [1.807, 2.05) is 18.2 Å². The zero-order valence-corrected chi connectivity index (χ0v) is 10.8. The van der Waals surface area contributed by atoms with Crippen LogP contribution >= 0.6 is 23.8 Å². The van der Waals surface area contributed by atoms with Crippen LogP contribution in [0.25, 0.3) is 21.8 Å². The highest BCUT2D eigenvalue weighted by atomic mass is 35.5. The van der Waals surface area contributed by atoms with Gasteiger partial charge in [0, 0.05) is 26.8 Å². The largest absolute Gasteiger partial charge is 0.354 e. The van der Waals surface area contributed by atoms with E-state index in [1.165, 1.54) is 5.56 Å². The van der Waals surface area contributed by atoms with Crippen molar-refractivity contribution in [2.45, 2.75) is 6.92 Å². The lowest BCUT2D eigenvalue weighted by Gasteiger charge is -2.05. The number of fused-ring (bicyclic) bond motifs is 2. The van der Waals surface area contributed by atoms with E-state index in [0.29, 0.717) is 0 Å². The maximum atomic E-state index is 5.99. The number of benzene rings is 2. The normalized spacial score (nSPS) is 11.2. The molecule has 0 atom stereocenters. The SMILES string of the molecule is Cc1ccc2[nH]c3cc(Cl)ccc3c(=S)c2c1. The van der Waals surface area contributed by atoms with Gasteiger partial charge in [0.05, 0.1) is 4.51 Å². The lowest BCUT2D eigenvalue weighted by molar-refractivity contribution is 1.45. The Kier molecular flexibility index (Phi) is 2.42. The number of aromatic nitrogens is 1. The van der Waals surface area contributed by atoms with Gasteiger partial charge in [-0.3, -0.25) is 0 Å². The fourth-order valence-electron chi connectivity index (χ4n) is 2.06. The third-order valence-corrected chi connectivity index (χ3v) is 3.59. The van der Waals surface area contributed by atoms with Gasteiger partial charge >= 0.3 is 0 Å². The highest BCUT2D eigenvalue weighted by Crippen LogP contribution is 2.25. The fraction of sp³-hybridized carbons (Fsp3) is 0.0714. The number of nitrogens with one attached hydrogen (secondary N) is 1. The summed E-state index contributed by atoms with van der Waals surface area (Å²) in [7, 11) is 0. The van der Waals surface area contributed by atoms with Crippen LogP contribution in [0.3, 0.4) is 0 Å². The van der Waals surface area contributed by atoms with Crippen molar-refractivity contribution in [3.63, 3.8) is 0 Å². The van der Waals surface area contributed by atoms with E-state index in [1.54, 1.807) is 0 Å². The first-order valence-corrected chi connectivity index (χ1v) is 6.16. The molecule has 84 valence electrons. The van der Waals surface area contributed by atoms with Crippen molar-refractivity contribution in [3.05, 3.63) is 51.5 Å². The molecule has 0 saturated heterocycles. The second-order valence-corrected chi connectivity index (χ2v) is 5.04. The molecule has 3 rings (SSSR count). The number of pyridine rings is 1. The molecule has 1 nitrogen and oxygen atoms in total. The van der Waals surface area contributed by atoms with Crippen LogP contribution in [0, 0.1) is 11.4 Å². The average molecular weight is 260 g/mol. The van der Waals surface area contributed by atoms with E-state index in [4.69, 9.17) is 23.8 Å². The molecule has 1 N–H and O–H groups in total. The number of halogens is 1. The molecule has 0 spiro atoms. The number of hydrogen-bond acceptors (Lipinski definition) is 1. The summed E-state index contributed by atoms with van der Waals surface area (Å²) < 4.78 is 0.883. The molecule has 2 aromatic carbocycles. The van der Waals surface area contributed by atoms with Crippen LogP contribution in [-0.2, 0) is 0 Å². The molecule has 0 amide bonds. The van der Waals surface area contributed by atoms with Gasteiger partial charge in [-0.25, -0.2) is 0 Å². The second-order valence-electron chi connectivity index (χ2n) is 4.19. The molecular weight excluding hydrogens is 250 g/mol. The topological polar surface area (TPSA) is 15.8 Å². The molecule has 0 aliphatic rings. The zero-order valence-electron chi connectivity index (χ0n) is 9.25. The average Bonchev–Trinajstić information content (AvgIpc) is 2.30. The quantitative estimate of drug-likeness (QED) is 0.443. The Hall–Kier alpha value is -1.38. The number of H-pyrrole nitrogens is 1. The maximum Gasteiger partial charge on any atom is 0.0563 e. The van der Waals surface area contributed by atoms with Gasteiger partial charge in [-0.1, -0.05) is 35.4 Å². The van der Waals surface area contributed by atoms with Crippen LogP contribution < -0.4 is 0 Å². The first-order chi connectivity index (χ1) is 8.15. The third-order valence-electron chi connectivity index (χ3n) is 2.92. The minimum Gasteiger partial charge on any atom is -0.354 e. The Bertz CT molecular complexity index is 789. The Labute approximate surface area is 109 Å². The summed E-state index contributed by atoms with van der Waals surface area (Å²) in [5, 5.41) is 2.85. The van der Waals surface area contributed by atoms with Crippen molar-refractivity contribution in [1.82, 2.24) is 4.98 Å². The summed E-state index contributed by atoms with van der Waals surface area (Å²) in [6.45, 7) is 2.07. The Morgan fingerprint density at radius 1 is 1.00 bits per heavy atom. The van der Waals surface area contributed by atoms with Crippen LogP contribution in [0.15, 0.2) is 36.4 Å². The van der Waals surface area contributed by atoms with Crippen molar-refractivity contribution in [2.24, 2.45) is 0 Å². The Balaban J connectivity index is 2.57.